The quantitative estimate of drug-likeness (QED) is 0.722. The number of Topliss-reactive ketones (excluding diaryl/α,β-unsaturated/α-hetero) is 1. The summed E-state index contributed by atoms with van der Waals surface area (Å²) in [5.74, 6) is 1.36. The summed E-state index contributed by atoms with van der Waals surface area (Å²) in [5.41, 5.74) is 2.20. The van der Waals surface area contributed by atoms with Gasteiger partial charge in [-0.1, -0.05) is 30.7 Å². The van der Waals surface area contributed by atoms with E-state index < -0.39 is 0 Å². The van der Waals surface area contributed by atoms with Gasteiger partial charge in [-0.2, -0.15) is 0 Å². The van der Waals surface area contributed by atoms with Gasteiger partial charge in [-0.3, -0.25) is 4.79 Å². The molecular weight excluding hydrogens is 236 g/mol. The smallest absolute Gasteiger partial charge is 0.191 e. The molecular formula is C17H22O2. The number of hydrogen-bond donors (Lipinski definition) is 0. The molecule has 0 N–H and O–H groups in total. The molecule has 2 aliphatic rings. The van der Waals surface area contributed by atoms with E-state index in [1.54, 1.807) is 0 Å². The zero-order chi connectivity index (χ0) is 13.2. The Hall–Kier alpha value is -1.15. The van der Waals surface area contributed by atoms with Crippen LogP contribution in [-0.2, 0) is 4.74 Å². The Balaban J connectivity index is 1.71. The molecule has 3 rings (SSSR count). The zero-order valence-corrected chi connectivity index (χ0v) is 11.6. The number of ether oxygens (including phenoxy) is 1. The van der Waals surface area contributed by atoms with Gasteiger partial charge in [0.2, 0.25) is 0 Å². The molecule has 2 saturated carbocycles. The van der Waals surface area contributed by atoms with Crippen LogP contribution in [0.1, 0.15) is 60.9 Å². The SMILES string of the molecule is CCOC(C(=O)c1ccc(C2CCC2)cc1)C1CC1. The monoisotopic (exact) mass is 258 g/mol. The maximum atomic E-state index is 12.5. The van der Waals surface area contributed by atoms with E-state index in [1.165, 1.54) is 24.8 Å². The first-order valence-electron chi connectivity index (χ1n) is 7.55. The number of carbonyl (C=O) groups excluding carboxylic acids is 1. The third-order valence-electron chi connectivity index (χ3n) is 4.43. The van der Waals surface area contributed by atoms with Crippen LogP contribution in [0, 0.1) is 5.92 Å². The van der Waals surface area contributed by atoms with Crippen LogP contribution in [-0.4, -0.2) is 18.5 Å². The van der Waals surface area contributed by atoms with Crippen molar-refractivity contribution in [1.82, 2.24) is 0 Å². The van der Waals surface area contributed by atoms with Crippen molar-refractivity contribution in [3.8, 4) is 0 Å². The lowest BCUT2D eigenvalue weighted by Crippen LogP contribution is -2.26. The van der Waals surface area contributed by atoms with Crippen LogP contribution in [0.15, 0.2) is 24.3 Å². The van der Waals surface area contributed by atoms with E-state index in [4.69, 9.17) is 4.74 Å². The highest BCUT2D eigenvalue weighted by molar-refractivity contribution is 5.99. The van der Waals surface area contributed by atoms with Gasteiger partial charge in [0.05, 0.1) is 0 Å². The minimum absolute atomic E-state index is 0.171. The lowest BCUT2D eigenvalue weighted by Gasteiger charge is -2.26. The second-order valence-electron chi connectivity index (χ2n) is 5.83. The van der Waals surface area contributed by atoms with Crippen LogP contribution in [0.4, 0.5) is 0 Å². The van der Waals surface area contributed by atoms with Crippen molar-refractivity contribution in [3.05, 3.63) is 35.4 Å². The van der Waals surface area contributed by atoms with Gasteiger partial charge in [0.1, 0.15) is 6.10 Å². The van der Waals surface area contributed by atoms with E-state index in [2.05, 4.69) is 12.1 Å². The number of hydrogen-bond acceptors (Lipinski definition) is 2. The standard InChI is InChI=1S/C17H22O2/c1-2-19-17(15-10-11-15)16(18)14-8-6-13(7-9-14)12-4-3-5-12/h6-9,12,15,17H,2-5,10-11H2,1H3. The van der Waals surface area contributed by atoms with Crippen molar-refractivity contribution in [3.63, 3.8) is 0 Å². The summed E-state index contributed by atoms with van der Waals surface area (Å²) in [6.45, 7) is 2.58. The molecule has 1 atom stereocenters. The molecule has 0 radical (unpaired) electrons. The van der Waals surface area contributed by atoms with Crippen LogP contribution in [0.5, 0.6) is 0 Å². The van der Waals surface area contributed by atoms with Crippen molar-refractivity contribution in [2.45, 2.75) is 51.0 Å². The molecule has 1 aromatic rings. The molecule has 2 fully saturated rings. The highest BCUT2D eigenvalue weighted by atomic mass is 16.5. The van der Waals surface area contributed by atoms with Crippen molar-refractivity contribution in [2.24, 2.45) is 5.92 Å². The normalized spacial score (nSPS) is 20.9. The zero-order valence-electron chi connectivity index (χ0n) is 11.6. The maximum absolute atomic E-state index is 12.5. The van der Waals surface area contributed by atoms with E-state index in [-0.39, 0.29) is 11.9 Å². The Bertz CT molecular complexity index is 441. The average molecular weight is 258 g/mol. The van der Waals surface area contributed by atoms with Crippen molar-refractivity contribution in [2.75, 3.05) is 6.61 Å². The minimum Gasteiger partial charge on any atom is -0.370 e. The fourth-order valence-corrected chi connectivity index (χ4v) is 2.83. The van der Waals surface area contributed by atoms with Crippen LogP contribution in [0.25, 0.3) is 0 Å². The molecule has 0 bridgehead atoms. The summed E-state index contributed by atoms with van der Waals surface area (Å²) in [7, 11) is 0. The highest BCUT2D eigenvalue weighted by Crippen LogP contribution is 2.37. The lowest BCUT2D eigenvalue weighted by molar-refractivity contribution is 0.0374. The summed E-state index contributed by atoms with van der Waals surface area (Å²) >= 11 is 0. The molecule has 0 amide bonds. The van der Waals surface area contributed by atoms with Gasteiger partial charge in [0.25, 0.3) is 0 Å². The first-order valence-corrected chi connectivity index (χ1v) is 7.55. The van der Waals surface area contributed by atoms with Crippen LogP contribution < -0.4 is 0 Å². The summed E-state index contributed by atoms with van der Waals surface area (Å²) in [4.78, 5) is 12.5. The van der Waals surface area contributed by atoms with Crippen molar-refractivity contribution >= 4 is 5.78 Å². The predicted octanol–water partition coefficient (Wildman–Crippen LogP) is 3.95. The molecule has 2 heteroatoms. The molecule has 1 unspecified atom stereocenters. The first kappa shape index (κ1) is 12.9. The molecule has 0 aliphatic heterocycles. The molecule has 19 heavy (non-hydrogen) atoms. The Morgan fingerprint density at radius 1 is 1.21 bits per heavy atom. The largest absolute Gasteiger partial charge is 0.370 e. The Morgan fingerprint density at radius 2 is 1.89 bits per heavy atom. The van der Waals surface area contributed by atoms with Gasteiger partial charge < -0.3 is 4.74 Å². The first-order chi connectivity index (χ1) is 9.29. The van der Waals surface area contributed by atoms with Gasteiger partial charge in [-0.25, -0.2) is 0 Å². The van der Waals surface area contributed by atoms with E-state index in [0.717, 1.165) is 24.3 Å². The molecule has 0 spiro atoms. The third-order valence-corrected chi connectivity index (χ3v) is 4.43. The van der Waals surface area contributed by atoms with E-state index in [0.29, 0.717) is 12.5 Å². The fourth-order valence-electron chi connectivity index (χ4n) is 2.83. The lowest BCUT2D eigenvalue weighted by atomic mass is 9.80. The third kappa shape index (κ3) is 2.74. The molecule has 102 valence electrons. The molecule has 0 heterocycles. The van der Waals surface area contributed by atoms with Gasteiger partial charge in [-0.15, -0.1) is 0 Å². The predicted molar refractivity (Wildman–Crippen MR) is 75.5 cm³/mol. The minimum atomic E-state index is -0.209. The fraction of sp³-hybridized carbons (Fsp3) is 0.588. The summed E-state index contributed by atoms with van der Waals surface area (Å²) in [6, 6.07) is 8.24. The van der Waals surface area contributed by atoms with Crippen LogP contribution >= 0.6 is 0 Å². The van der Waals surface area contributed by atoms with Gasteiger partial charge >= 0.3 is 0 Å². The summed E-state index contributed by atoms with van der Waals surface area (Å²) < 4.78 is 5.64. The molecule has 0 aromatic heterocycles. The Morgan fingerprint density at radius 3 is 2.37 bits per heavy atom. The maximum Gasteiger partial charge on any atom is 0.191 e. The van der Waals surface area contributed by atoms with Gasteiger partial charge in [-0.05, 0) is 50.0 Å². The Kier molecular flexibility index (Phi) is 3.69. The summed E-state index contributed by atoms with van der Waals surface area (Å²) in [5, 5.41) is 0. The van der Waals surface area contributed by atoms with Gasteiger partial charge in [0.15, 0.2) is 5.78 Å². The molecule has 0 saturated heterocycles. The molecule has 1 aromatic carbocycles. The molecule has 2 aliphatic carbocycles. The summed E-state index contributed by atoms with van der Waals surface area (Å²) in [6.07, 6.45) is 6.01. The highest BCUT2D eigenvalue weighted by Gasteiger charge is 2.37. The number of rotatable bonds is 6. The van der Waals surface area contributed by atoms with E-state index >= 15 is 0 Å². The van der Waals surface area contributed by atoms with Crippen molar-refractivity contribution in [1.29, 1.82) is 0 Å². The second kappa shape index (κ2) is 5.46. The topological polar surface area (TPSA) is 26.3 Å². The average Bonchev–Trinajstić information content (AvgIpc) is 3.18. The number of benzene rings is 1. The van der Waals surface area contributed by atoms with Crippen LogP contribution in [0.2, 0.25) is 0 Å². The molecule has 2 nitrogen and oxygen atoms in total. The van der Waals surface area contributed by atoms with E-state index in [9.17, 15) is 4.79 Å². The number of ketones is 1. The van der Waals surface area contributed by atoms with Crippen molar-refractivity contribution < 1.29 is 9.53 Å². The number of carbonyl (C=O) groups is 1. The van der Waals surface area contributed by atoms with Gasteiger partial charge in [0, 0.05) is 12.2 Å². The van der Waals surface area contributed by atoms with E-state index in [1.807, 2.05) is 19.1 Å². The Labute approximate surface area is 115 Å². The second-order valence-corrected chi connectivity index (χ2v) is 5.83. The van der Waals surface area contributed by atoms with Crippen LogP contribution in [0.3, 0.4) is 0 Å².